The van der Waals surface area contributed by atoms with Gasteiger partial charge in [0, 0.05) is 20.2 Å². The van der Waals surface area contributed by atoms with Gasteiger partial charge in [0.1, 0.15) is 18.9 Å². The van der Waals surface area contributed by atoms with Crippen molar-refractivity contribution in [2.75, 3.05) is 27.3 Å². The molecular weight excluding hydrogens is 326 g/mol. The van der Waals surface area contributed by atoms with Crippen LogP contribution in [0.25, 0.3) is 0 Å². The van der Waals surface area contributed by atoms with Crippen molar-refractivity contribution in [3.63, 3.8) is 0 Å². The van der Waals surface area contributed by atoms with E-state index in [2.05, 4.69) is 4.99 Å². The van der Waals surface area contributed by atoms with Crippen LogP contribution in [0, 0.1) is 10.1 Å². The van der Waals surface area contributed by atoms with Crippen molar-refractivity contribution in [3.8, 4) is 11.5 Å². The molecule has 0 radical (unpaired) electrons. The van der Waals surface area contributed by atoms with Gasteiger partial charge in [-0.15, -0.1) is 0 Å². The van der Waals surface area contributed by atoms with Crippen LogP contribution in [-0.2, 0) is 9.59 Å². The molecule has 1 aliphatic rings. The van der Waals surface area contributed by atoms with Crippen molar-refractivity contribution in [2.24, 2.45) is 4.99 Å². The maximum atomic E-state index is 11.0. The maximum absolute atomic E-state index is 11.0. The number of ether oxygens (including phenoxy) is 2. The second-order valence-corrected chi connectivity index (χ2v) is 4.56. The minimum atomic E-state index is -1.82. The summed E-state index contributed by atoms with van der Waals surface area (Å²) in [5.74, 6) is -2.78. The number of hydrogen-bond acceptors (Lipinski definition) is 7. The van der Waals surface area contributed by atoms with E-state index in [0.29, 0.717) is 24.7 Å². The summed E-state index contributed by atoms with van der Waals surface area (Å²) in [5.41, 5.74) is 0.148. The number of carboxylic acid groups (broad SMARTS) is 2. The zero-order chi connectivity index (χ0) is 18.3. The number of aliphatic imine (C=N–C) groups is 1. The minimum Gasteiger partial charge on any atom is -0.486 e. The third-order valence-corrected chi connectivity index (χ3v) is 2.45. The molecule has 11 heteroatoms. The number of hydrogen-bond donors (Lipinski definition) is 2. The molecule has 2 rings (SSSR count). The molecule has 130 valence electrons. The lowest BCUT2D eigenvalue weighted by molar-refractivity contribution is -0.384. The lowest BCUT2D eigenvalue weighted by Crippen LogP contribution is -2.15. The van der Waals surface area contributed by atoms with E-state index < -0.39 is 16.9 Å². The fourth-order valence-electron chi connectivity index (χ4n) is 1.49. The van der Waals surface area contributed by atoms with E-state index in [1.165, 1.54) is 18.5 Å². The molecule has 1 aromatic carbocycles. The van der Waals surface area contributed by atoms with Gasteiger partial charge in [0.15, 0.2) is 11.5 Å². The first-order valence-corrected chi connectivity index (χ1v) is 6.47. The number of fused-ring (bicyclic) bond motifs is 1. The Labute approximate surface area is 135 Å². The largest absolute Gasteiger partial charge is 0.486 e. The predicted molar refractivity (Wildman–Crippen MR) is 81.2 cm³/mol. The van der Waals surface area contributed by atoms with Crippen molar-refractivity contribution in [3.05, 3.63) is 22.2 Å². The number of benzene rings is 1. The Morgan fingerprint density at radius 3 is 2.12 bits per heavy atom. The van der Waals surface area contributed by atoms with Gasteiger partial charge in [0.25, 0.3) is 5.69 Å². The molecule has 0 fully saturated rings. The number of nitrogens with zero attached hydrogens (tertiary/aromatic N) is 3. The number of carbonyl (C=O) groups is 2. The van der Waals surface area contributed by atoms with Crippen LogP contribution in [-0.4, -0.2) is 65.6 Å². The molecule has 0 atom stereocenters. The van der Waals surface area contributed by atoms with Crippen LogP contribution in [0.3, 0.4) is 0 Å². The zero-order valence-corrected chi connectivity index (χ0v) is 12.8. The van der Waals surface area contributed by atoms with Gasteiger partial charge in [0.2, 0.25) is 0 Å². The quantitative estimate of drug-likeness (QED) is 0.266. The maximum Gasteiger partial charge on any atom is 0.414 e. The summed E-state index contributed by atoms with van der Waals surface area (Å²) >= 11 is 0. The van der Waals surface area contributed by atoms with E-state index in [4.69, 9.17) is 29.3 Å². The summed E-state index contributed by atoms with van der Waals surface area (Å²) in [6.45, 7) is 0.826. The van der Waals surface area contributed by atoms with E-state index in [9.17, 15) is 10.1 Å². The monoisotopic (exact) mass is 341 g/mol. The van der Waals surface area contributed by atoms with E-state index in [1.54, 1.807) is 19.0 Å². The highest BCUT2D eigenvalue weighted by Crippen LogP contribution is 2.40. The number of nitro groups is 1. The number of carboxylic acids is 2. The van der Waals surface area contributed by atoms with Crippen LogP contribution < -0.4 is 9.47 Å². The molecule has 1 aromatic rings. The van der Waals surface area contributed by atoms with Gasteiger partial charge in [-0.3, -0.25) is 10.1 Å². The van der Waals surface area contributed by atoms with Crippen molar-refractivity contribution < 1.29 is 34.2 Å². The average Bonchev–Trinajstić information content (AvgIpc) is 2.52. The van der Waals surface area contributed by atoms with Crippen molar-refractivity contribution in [1.82, 2.24) is 4.90 Å². The first kappa shape index (κ1) is 18.7. The molecule has 0 aliphatic carbocycles. The Hall–Kier alpha value is -3.37. The third kappa shape index (κ3) is 5.44. The van der Waals surface area contributed by atoms with Crippen LogP contribution in [0.2, 0.25) is 0 Å². The van der Waals surface area contributed by atoms with E-state index in [1.807, 2.05) is 0 Å². The average molecular weight is 341 g/mol. The van der Waals surface area contributed by atoms with Gasteiger partial charge in [-0.05, 0) is 0 Å². The van der Waals surface area contributed by atoms with Gasteiger partial charge in [-0.2, -0.15) is 0 Å². The predicted octanol–water partition coefficient (Wildman–Crippen LogP) is 0.743. The van der Waals surface area contributed by atoms with Crippen LogP contribution >= 0.6 is 0 Å². The molecule has 0 unspecified atom stereocenters. The first-order valence-electron chi connectivity index (χ1n) is 6.47. The lowest BCUT2D eigenvalue weighted by atomic mass is 10.2. The summed E-state index contributed by atoms with van der Waals surface area (Å²) in [5, 5.41) is 25.8. The summed E-state index contributed by atoms with van der Waals surface area (Å²) < 4.78 is 10.7. The number of rotatable bonds is 3. The van der Waals surface area contributed by atoms with Crippen molar-refractivity contribution in [2.45, 2.75) is 0 Å². The molecule has 0 spiro atoms. The van der Waals surface area contributed by atoms with Gasteiger partial charge in [-0.25, -0.2) is 14.6 Å². The SMILES string of the molecule is CN(C)C=Nc1cc2c(cc1[N+](=O)[O-])OCCO2.O=C(O)C(=O)O. The standard InChI is InChI=1S/C11H13N3O4.C2H2O4/c1-13(2)7-12-8-5-10-11(18-4-3-17-10)6-9(8)14(15)16;3-1(4)2(5)6/h5-7H,3-4H2,1-2H3;(H,3,4)(H,5,6). The summed E-state index contributed by atoms with van der Waals surface area (Å²) in [6.07, 6.45) is 1.50. The van der Waals surface area contributed by atoms with Gasteiger partial charge in [-0.1, -0.05) is 0 Å². The highest BCUT2D eigenvalue weighted by atomic mass is 16.6. The highest BCUT2D eigenvalue weighted by molar-refractivity contribution is 6.27. The number of nitro benzene ring substituents is 1. The molecule has 2 N–H and O–H groups in total. The minimum absolute atomic E-state index is 0.0997. The Morgan fingerprint density at radius 1 is 1.21 bits per heavy atom. The van der Waals surface area contributed by atoms with Crippen LogP contribution in [0.1, 0.15) is 0 Å². The Morgan fingerprint density at radius 2 is 1.71 bits per heavy atom. The van der Waals surface area contributed by atoms with Gasteiger partial charge in [0.05, 0.1) is 17.3 Å². The Kier molecular flexibility index (Phi) is 6.47. The fourth-order valence-corrected chi connectivity index (χ4v) is 1.49. The molecule has 1 aliphatic heterocycles. The second-order valence-electron chi connectivity index (χ2n) is 4.56. The van der Waals surface area contributed by atoms with E-state index in [0.717, 1.165) is 0 Å². The molecule has 0 amide bonds. The fraction of sp³-hybridized carbons (Fsp3) is 0.308. The first-order chi connectivity index (χ1) is 11.2. The van der Waals surface area contributed by atoms with Crippen molar-refractivity contribution in [1.29, 1.82) is 0 Å². The highest BCUT2D eigenvalue weighted by Gasteiger charge is 2.21. The number of aliphatic carboxylic acids is 2. The molecular formula is C13H15N3O8. The van der Waals surface area contributed by atoms with E-state index >= 15 is 0 Å². The smallest absolute Gasteiger partial charge is 0.414 e. The molecule has 11 nitrogen and oxygen atoms in total. The summed E-state index contributed by atoms with van der Waals surface area (Å²) in [4.78, 5) is 34.4. The Balaban J connectivity index is 0.000000413. The summed E-state index contributed by atoms with van der Waals surface area (Å²) in [6, 6.07) is 2.86. The van der Waals surface area contributed by atoms with Crippen LogP contribution in [0.4, 0.5) is 11.4 Å². The van der Waals surface area contributed by atoms with Crippen LogP contribution in [0.5, 0.6) is 11.5 Å². The zero-order valence-electron chi connectivity index (χ0n) is 12.8. The molecule has 0 saturated carbocycles. The second kappa shape index (κ2) is 8.31. The lowest BCUT2D eigenvalue weighted by Gasteiger charge is -2.18. The topological polar surface area (TPSA) is 152 Å². The molecule has 0 bridgehead atoms. The van der Waals surface area contributed by atoms with Crippen molar-refractivity contribution >= 4 is 29.7 Å². The molecule has 0 saturated heterocycles. The third-order valence-electron chi connectivity index (χ3n) is 2.45. The summed E-state index contributed by atoms with van der Waals surface area (Å²) in [7, 11) is 3.57. The Bertz CT molecular complexity index is 659. The normalized spacial score (nSPS) is 12.1. The van der Waals surface area contributed by atoms with Gasteiger partial charge >= 0.3 is 11.9 Å². The molecule has 1 heterocycles. The van der Waals surface area contributed by atoms with Crippen LogP contribution in [0.15, 0.2) is 17.1 Å². The van der Waals surface area contributed by atoms with Gasteiger partial charge < -0.3 is 24.6 Å². The molecule has 0 aromatic heterocycles. The molecule has 24 heavy (non-hydrogen) atoms. The van der Waals surface area contributed by atoms with E-state index in [-0.39, 0.29) is 11.4 Å².